The largest absolute Gasteiger partial charge is 0.534 e. The maximum atomic E-state index is 11.9. The van der Waals surface area contributed by atoms with Crippen LogP contribution >= 0.6 is 11.8 Å². The summed E-state index contributed by atoms with van der Waals surface area (Å²) in [7, 11) is -5.56. The van der Waals surface area contributed by atoms with Crippen molar-refractivity contribution in [3.8, 4) is 5.75 Å². The van der Waals surface area contributed by atoms with Crippen molar-refractivity contribution in [2.75, 3.05) is 11.5 Å². The molecule has 0 unspecified atom stereocenters. The highest BCUT2D eigenvalue weighted by atomic mass is 32.2. The van der Waals surface area contributed by atoms with Crippen molar-refractivity contribution < 1.29 is 25.8 Å². The van der Waals surface area contributed by atoms with E-state index < -0.39 is 15.6 Å². The molecule has 20 heavy (non-hydrogen) atoms. The molecule has 0 bridgehead atoms. The van der Waals surface area contributed by atoms with E-state index in [-0.39, 0.29) is 5.75 Å². The molecule has 1 heterocycles. The van der Waals surface area contributed by atoms with Crippen LogP contribution < -0.4 is 4.18 Å². The molecule has 0 aromatic heterocycles. The lowest BCUT2D eigenvalue weighted by Crippen LogP contribution is -2.28. The van der Waals surface area contributed by atoms with E-state index in [1.54, 1.807) is 6.92 Å². The van der Waals surface area contributed by atoms with Gasteiger partial charge in [-0.15, -0.1) is 0 Å². The van der Waals surface area contributed by atoms with Crippen molar-refractivity contribution in [1.82, 2.24) is 0 Å². The van der Waals surface area contributed by atoms with Crippen molar-refractivity contribution in [3.63, 3.8) is 0 Å². The fourth-order valence-corrected chi connectivity index (χ4v) is 2.76. The maximum Gasteiger partial charge on any atom is 0.534 e. The van der Waals surface area contributed by atoms with Gasteiger partial charge in [0.2, 0.25) is 0 Å². The lowest BCUT2D eigenvalue weighted by atomic mass is 10.2. The quantitative estimate of drug-likeness (QED) is 0.613. The zero-order valence-electron chi connectivity index (χ0n) is 10.8. The van der Waals surface area contributed by atoms with Gasteiger partial charge in [-0.1, -0.05) is 17.7 Å². The van der Waals surface area contributed by atoms with Crippen LogP contribution in [0.5, 0.6) is 5.75 Å². The number of benzene rings is 1. The molecule has 0 saturated carbocycles. The highest BCUT2D eigenvalue weighted by Crippen LogP contribution is 2.26. The molecule has 1 aliphatic heterocycles. The van der Waals surface area contributed by atoms with Gasteiger partial charge in [0.05, 0.1) is 0 Å². The third kappa shape index (κ3) is 5.62. The summed E-state index contributed by atoms with van der Waals surface area (Å²) in [5.41, 5.74) is -4.62. The minimum Gasteiger partial charge on any atom is -0.376 e. The lowest BCUT2D eigenvalue weighted by Gasteiger charge is -2.09. The molecule has 0 atom stereocenters. The van der Waals surface area contributed by atoms with E-state index >= 15 is 0 Å². The molecule has 8 heteroatoms. The zero-order chi connectivity index (χ0) is 15.2. The van der Waals surface area contributed by atoms with Crippen LogP contribution in [0.2, 0.25) is 0 Å². The highest BCUT2D eigenvalue weighted by molar-refractivity contribution is 7.99. The maximum absolute atomic E-state index is 11.9. The zero-order valence-corrected chi connectivity index (χ0v) is 12.4. The Balaban J connectivity index is 0.000000333. The van der Waals surface area contributed by atoms with Crippen LogP contribution in [0.3, 0.4) is 0 Å². The first-order valence-electron chi connectivity index (χ1n) is 5.87. The summed E-state index contributed by atoms with van der Waals surface area (Å²) in [6.45, 7) is 1.71. The Morgan fingerprint density at radius 1 is 1.10 bits per heavy atom. The number of aryl methyl sites for hydroxylation is 1. The van der Waals surface area contributed by atoms with Gasteiger partial charge in [-0.2, -0.15) is 33.4 Å². The second kappa shape index (κ2) is 7.21. The summed E-state index contributed by atoms with van der Waals surface area (Å²) in [5, 5.41) is 0. The number of rotatable bonds is 2. The molecule has 0 N–H and O–H groups in total. The molecule has 3 nitrogen and oxygen atoms in total. The molecule has 2 rings (SSSR count). The van der Waals surface area contributed by atoms with Crippen LogP contribution in [-0.2, 0) is 10.1 Å². The number of hydrogen-bond donors (Lipinski definition) is 0. The summed E-state index contributed by atoms with van der Waals surface area (Å²) in [6.07, 6.45) is 2.93. The Bertz CT molecular complexity index is 498. The second-order valence-corrected chi connectivity index (χ2v) is 6.88. The van der Waals surface area contributed by atoms with E-state index in [1.807, 2.05) is 0 Å². The molecule has 0 radical (unpaired) electrons. The van der Waals surface area contributed by atoms with Gasteiger partial charge in [0.15, 0.2) is 0 Å². The topological polar surface area (TPSA) is 43.4 Å². The highest BCUT2D eigenvalue weighted by Gasteiger charge is 2.48. The van der Waals surface area contributed by atoms with E-state index in [0.717, 1.165) is 17.7 Å². The fourth-order valence-electron chi connectivity index (χ4n) is 1.28. The van der Waals surface area contributed by atoms with E-state index in [4.69, 9.17) is 0 Å². The summed E-state index contributed by atoms with van der Waals surface area (Å²) in [4.78, 5) is 0. The molecule has 0 spiro atoms. The number of halogens is 3. The van der Waals surface area contributed by atoms with Gasteiger partial charge in [-0.25, -0.2) is 0 Å². The third-order valence-electron chi connectivity index (χ3n) is 2.34. The molecule has 114 valence electrons. The van der Waals surface area contributed by atoms with Crippen LogP contribution in [0.25, 0.3) is 0 Å². The smallest absolute Gasteiger partial charge is 0.376 e. The SMILES string of the molecule is C1CCSC1.Cc1ccc(OS(=O)(=O)C(F)(F)F)cc1. The normalized spacial score (nSPS) is 15.4. The van der Waals surface area contributed by atoms with Crippen LogP contribution in [0.4, 0.5) is 13.2 Å². The average Bonchev–Trinajstić information content (AvgIpc) is 2.89. The molecular formula is C12H15F3O3S2. The molecular weight excluding hydrogens is 313 g/mol. The summed E-state index contributed by atoms with van der Waals surface area (Å²) in [6, 6.07) is 5.19. The number of alkyl halides is 3. The average molecular weight is 328 g/mol. The van der Waals surface area contributed by atoms with Crippen molar-refractivity contribution in [1.29, 1.82) is 0 Å². The minimum absolute atomic E-state index is 0.363. The predicted molar refractivity (Wildman–Crippen MR) is 73.3 cm³/mol. The van der Waals surface area contributed by atoms with Gasteiger partial charge in [0.1, 0.15) is 5.75 Å². The Morgan fingerprint density at radius 3 is 1.95 bits per heavy atom. The van der Waals surface area contributed by atoms with Crippen LogP contribution in [0, 0.1) is 6.92 Å². The number of thioether (sulfide) groups is 1. The minimum atomic E-state index is -5.56. The Hall–Kier alpha value is -0.890. The predicted octanol–water partition coefficient (Wildman–Crippen LogP) is 3.74. The van der Waals surface area contributed by atoms with Crippen molar-refractivity contribution in [2.45, 2.75) is 25.3 Å². The van der Waals surface area contributed by atoms with Crippen LogP contribution in [0.1, 0.15) is 18.4 Å². The Morgan fingerprint density at radius 2 is 1.60 bits per heavy atom. The molecule has 1 fully saturated rings. The van der Waals surface area contributed by atoms with Gasteiger partial charge in [0.25, 0.3) is 0 Å². The molecule has 1 aliphatic rings. The van der Waals surface area contributed by atoms with Crippen molar-refractivity contribution in [2.24, 2.45) is 0 Å². The Kier molecular flexibility index (Phi) is 6.19. The molecule has 1 aromatic carbocycles. The van der Waals surface area contributed by atoms with Gasteiger partial charge >= 0.3 is 15.6 Å². The first-order chi connectivity index (χ1) is 9.22. The molecule has 1 saturated heterocycles. The summed E-state index contributed by atoms with van der Waals surface area (Å²) >= 11 is 2.07. The Labute approximate surface area is 120 Å². The second-order valence-electron chi connectivity index (χ2n) is 4.12. The lowest BCUT2D eigenvalue weighted by molar-refractivity contribution is -0.0500. The molecule has 1 aromatic rings. The third-order valence-corrected chi connectivity index (χ3v) is 4.47. The summed E-state index contributed by atoms with van der Waals surface area (Å²) in [5.74, 6) is 2.47. The van der Waals surface area contributed by atoms with Crippen LogP contribution in [0.15, 0.2) is 24.3 Å². The standard InChI is InChI=1S/C8H7F3O3S.C4H8S/c1-6-2-4-7(5-3-6)14-15(12,13)8(9,10)11;1-2-4-5-3-1/h2-5H,1H3;1-4H2. The number of hydrogen-bond acceptors (Lipinski definition) is 4. The first-order valence-corrected chi connectivity index (χ1v) is 8.44. The van der Waals surface area contributed by atoms with Gasteiger partial charge in [-0.3, -0.25) is 0 Å². The van der Waals surface area contributed by atoms with Gasteiger partial charge < -0.3 is 4.18 Å². The van der Waals surface area contributed by atoms with Gasteiger partial charge in [-0.05, 0) is 43.4 Å². The first kappa shape index (κ1) is 17.2. The van der Waals surface area contributed by atoms with E-state index in [1.165, 1.54) is 36.5 Å². The fraction of sp³-hybridized carbons (Fsp3) is 0.500. The van der Waals surface area contributed by atoms with Crippen molar-refractivity contribution in [3.05, 3.63) is 29.8 Å². The van der Waals surface area contributed by atoms with E-state index in [2.05, 4.69) is 15.9 Å². The van der Waals surface area contributed by atoms with Gasteiger partial charge in [0, 0.05) is 0 Å². The molecule has 0 aliphatic carbocycles. The van der Waals surface area contributed by atoms with E-state index in [0.29, 0.717) is 0 Å². The monoisotopic (exact) mass is 328 g/mol. The van der Waals surface area contributed by atoms with Crippen LogP contribution in [-0.4, -0.2) is 25.4 Å². The summed E-state index contributed by atoms with van der Waals surface area (Å²) < 4.78 is 60.6. The van der Waals surface area contributed by atoms with Crippen molar-refractivity contribution >= 4 is 21.9 Å². The molecule has 0 amide bonds. The van der Waals surface area contributed by atoms with E-state index in [9.17, 15) is 21.6 Å².